The van der Waals surface area contributed by atoms with Gasteiger partial charge in [0.15, 0.2) is 5.59 Å². The van der Waals surface area contributed by atoms with E-state index in [1.165, 1.54) is 58.9 Å². The first-order valence-electron chi connectivity index (χ1n) is 10.6. The minimum absolute atomic E-state index is 0.246. The van der Waals surface area contributed by atoms with Crippen molar-refractivity contribution in [3.05, 3.63) is 71.4 Å². The van der Waals surface area contributed by atoms with Crippen molar-refractivity contribution in [1.82, 2.24) is 4.81 Å². The van der Waals surface area contributed by atoms with Crippen molar-refractivity contribution in [1.29, 1.82) is 0 Å². The highest BCUT2D eigenvalue weighted by molar-refractivity contribution is 6.83. The highest BCUT2D eigenvalue weighted by Crippen LogP contribution is 2.36. The van der Waals surface area contributed by atoms with Crippen molar-refractivity contribution < 1.29 is 4.57 Å². The van der Waals surface area contributed by atoms with Gasteiger partial charge >= 0.3 is 6.85 Å². The van der Waals surface area contributed by atoms with Gasteiger partial charge in [-0.05, 0) is 67.2 Å². The van der Waals surface area contributed by atoms with E-state index in [-0.39, 0.29) is 6.85 Å². The molecule has 140 valence electrons. The van der Waals surface area contributed by atoms with Gasteiger partial charge in [0.25, 0.3) is 0 Å². The largest absolute Gasteiger partial charge is 0.408 e. The van der Waals surface area contributed by atoms with E-state index < -0.39 is 0 Å². The van der Waals surface area contributed by atoms with Gasteiger partial charge in [-0.15, -0.1) is 0 Å². The lowest BCUT2D eigenvalue weighted by Crippen LogP contribution is -2.66. The highest BCUT2D eigenvalue weighted by atomic mass is 15.1. The summed E-state index contributed by atoms with van der Waals surface area (Å²) in [6, 6.07) is 20.4. The number of rotatable bonds is 2. The van der Waals surface area contributed by atoms with E-state index >= 15 is 0 Å². The van der Waals surface area contributed by atoms with Crippen LogP contribution in [-0.4, -0.2) is 18.7 Å². The summed E-state index contributed by atoms with van der Waals surface area (Å²) < 4.78 is 2.42. The molecule has 0 bridgehead atoms. The van der Waals surface area contributed by atoms with Crippen LogP contribution >= 0.6 is 0 Å². The standard InChI is InChI=1S/C25H28BN2/c1-18-16-20-12-6-8-14-23(20)26(28(18)3)25-17-22(19-10-4-5-11-19)21-13-7-9-15-24(21)27(25)2/h6-9,12-17,19H,4-5,10-11H2,1-3H3/q+1. The molecule has 0 N–H and O–H groups in total. The zero-order valence-corrected chi connectivity index (χ0v) is 17.2. The SMILES string of the molecule is CC1=Cc2ccccc2B(c2cc(C3CCCC3)c3ccccc3[n+]2C)N1C. The molecule has 3 heteroatoms. The second-order valence-electron chi connectivity index (χ2n) is 8.51. The number of para-hydroxylation sites is 1. The van der Waals surface area contributed by atoms with Gasteiger partial charge in [0.1, 0.15) is 7.05 Å². The molecule has 0 spiro atoms. The van der Waals surface area contributed by atoms with Gasteiger partial charge in [0, 0.05) is 17.5 Å². The number of hydrogen-bond acceptors (Lipinski definition) is 1. The fourth-order valence-corrected chi connectivity index (χ4v) is 5.31. The predicted molar refractivity (Wildman–Crippen MR) is 119 cm³/mol. The van der Waals surface area contributed by atoms with Crippen molar-refractivity contribution in [3.8, 4) is 0 Å². The Morgan fingerprint density at radius 2 is 1.71 bits per heavy atom. The Bertz CT molecular complexity index is 1080. The van der Waals surface area contributed by atoms with Crippen LogP contribution in [0.25, 0.3) is 17.0 Å². The fraction of sp³-hybridized carbons (Fsp3) is 0.320. The van der Waals surface area contributed by atoms with Crippen molar-refractivity contribution in [3.63, 3.8) is 0 Å². The maximum absolute atomic E-state index is 2.52. The van der Waals surface area contributed by atoms with Crippen molar-refractivity contribution in [2.45, 2.75) is 38.5 Å². The van der Waals surface area contributed by atoms with Crippen LogP contribution in [-0.2, 0) is 7.05 Å². The molecule has 28 heavy (non-hydrogen) atoms. The number of pyridine rings is 1. The van der Waals surface area contributed by atoms with Crippen LogP contribution in [0.2, 0.25) is 0 Å². The average Bonchev–Trinajstić information content (AvgIpc) is 3.25. The Labute approximate surface area is 168 Å². The zero-order chi connectivity index (χ0) is 19.3. The molecule has 0 radical (unpaired) electrons. The number of allylic oxidation sites excluding steroid dienone is 1. The van der Waals surface area contributed by atoms with E-state index in [9.17, 15) is 0 Å². The zero-order valence-electron chi connectivity index (χ0n) is 17.2. The first-order chi connectivity index (χ1) is 13.6. The third-order valence-electron chi connectivity index (χ3n) is 6.94. The topological polar surface area (TPSA) is 7.12 Å². The van der Waals surface area contributed by atoms with Gasteiger partial charge < -0.3 is 4.81 Å². The molecule has 0 unspecified atom stereocenters. The number of aryl methyl sites for hydroxylation is 1. The quantitative estimate of drug-likeness (QED) is 0.495. The molecule has 1 saturated carbocycles. The predicted octanol–water partition coefficient (Wildman–Crippen LogP) is 3.73. The average molecular weight is 367 g/mol. The summed E-state index contributed by atoms with van der Waals surface area (Å²) >= 11 is 0. The van der Waals surface area contributed by atoms with Gasteiger partial charge in [-0.25, -0.2) is 4.57 Å². The molecule has 1 fully saturated rings. The second kappa shape index (κ2) is 6.81. The Kier molecular flexibility index (Phi) is 4.27. The summed E-state index contributed by atoms with van der Waals surface area (Å²) in [7, 11) is 4.47. The van der Waals surface area contributed by atoms with E-state index in [0.717, 1.165) is 0 Å². The summed E-state index contributed by atoms with van der Waals surface area (Å²) in [5.74, 6) is 0.700. The summed E-state index contributed by atoms with van der Waals surface area (Å²) in [4.78, 5) is 2.44. The number of nitrogens with zero attached hydrogens (tertiary/aromatic N) is 2. The van der Waals surface area contributed by atoms with E-state index in [1.807, 2.05) is 0 Å². The summed E-state index contributed by atoms with van der Waals surface area (Å²) in [5.41, 5.74) is 8.36. The van der Waals surface area contributed by atoms with Crippen LogP contribution < -0.4 is 15.6 Å². The lowest BCUT2D eigenvalue weighted by Gasteiger charge is -2.32. The number of aromatic nitrogens is 1. The van der Waals surface area contributed by atoms with E-state index in [1.54, 1.807) is 5.56 Å². The maximum Gasteiger partial charge on any atom is 0.404 e. The first-order valence-corrected chi connectivity index (χ1v) is 10.6. The van der Waals surface area contributed by atoms with E-state index in [4.69, 9.17) is 0 Å². The molecule has 2 heterocycles. The van der Waals surface area contributed by atoms with E-state index in [2.05, 4.69) is 91.1 Å². The Morgan fingerprint density at radius 1 is 1.00 bits per heavy atom. The molecular weight excluding hydrogens is 339 g/mol. The molecular formula is C25H28BN2+. The molecule has 0 saturated heterocycles. The van der Waals surface area contributed by atoms with Crippen LogP contribution in [0.15, 0.2) is 60.3 Å². The molecule has 2 aromatic carbocycles. The van der Waals surface area contributed by atoms with Crippen LogP contribution in [0.5, 0.6) is 0 Å². The molecule has 1 aliphatic heterocycles. The summed E-state index contributed by atoms with van der Waals surface area (Å²) in [6.07, 6.45) is 7.69. The number of fused-ring (bicyclic) bond motifs is 2. The normalized spacial score (nSPS) is 17.2. The van der Waals surface area contributed by atoms with Gasteiger partial charge in [0.05, 0.1) is 0 Å². The minimum Gasteiger partial charge on any atom is -0.408 e. The first kappa shape index (κ1) is 17.5. The van der Waals surface area contributed by atoms with Gasteiger partial charge in [0.2, 0.25) is 5.52 Å². The molecule has 0 atom stereocenters. The van der Waals surface area contributed by atoms with Crippen molar-refractivity contribution in [2.75, 3.05) is 7.05 Å². The minimum atomic E-state index is 0.246. The third-order valence-corrected chi connectivity index (χ3v) is 6.94. The smallest absolute Gasteiger partial charge is 0.404 e. The van der Waals surface area contributed by atoms with Gasteiger partial charge in [-0.3, -0.25) is 0 Å². The molecule has 1 aliphatic carbocycles. The van der Waals surface area contributed by atoms with E-state index in [0.29, 0.717) is 5.92 Å². The van der Waals surface area contributed by atoms with Gasteiger partial charge in [-0.1, -0.05) is 49.2 Å². The van der Waals surface area contributed by atoms with Crippen LogP contribution in [0.3, 0.4) is 0 Å². The molecule has 2 nitrogen and oxygen atoms in total. The molecule has 1 aromatic heterocycles. The third kappa shape index (κ3) is 2.68. The van der Waals surface area contributed by atoms with Gasteiger partial charge in [-0.2, -0.15) is 0 Å². The lowest BCUT2D eigenvalue weighted by molar-refractivity contribution is -0.627. The van der Waals surface area contributed by atoms with Crippen LogP contribution in [0, 0.1) is 0 Å². The Balaban J connectivity index is 1.77. The summed E-state index contributed by atoms with van der Waals surface area (Å²) in [6.45, 7) is 2.47. The lowest BCUT2D eigenvalue weighted by atomic mass is 9.48. The van der Waals surface area contributed by atoms with Crippen LogP contribution in [0.1, 0.15) is 49.7 Å². The maximum atomic E-state index is 2.52. The highest BCUT2D eigenvalue weighted by Gasteiger charge is 2.38. The second-order valence-corrected chi connectivity index (χ2v) is 8.51. The molecule has 5 rings (SSSR count). The molecule has 3 aromatic rings. The molecule has 2 aliphatic rings. The Morgan fingerprint density at radius 3 is 2.54 bits per heavy atom. The summed E-state index contributed by atoms with van der Waals surface area (Å²) in [5, 5.41) is 1.43. The Hall–Kier alpha value is -2.55. The number of benzene rings is 2. The molecule has 0 amide bonds. The van der Waals surface area contributed by atoms with Crippen molar-refractivity contribution in [2.24, 2.45) is 7.05 Å². The van der Waals surface area contributed by atoms with Crippen molar-refractivity contribution >= 4 is 34.9 Å². The van der Waals surface area contributed by atoms with Crippen LogP contribution in [0.4, 0.5) is 0 Å². The number of hydrogen-bond donors (Lipinski definition) is 0. The fourth-order valence-electron chi connectivity index (χ4n) is 5.31. The monoisotopic (exact) mass is 367 g/mol.